The number of nitrogens with zero attached hydrogens (tertiary/aromatic N) is 16. The molecule has 8 amide bonds. The normalized spacial score (nSPS) is 16.7. The predicted octanol–water partition coefficient (Wildman–Crippen LogP) is 7.45. The van der Waals surface area contributed by atoms with Gasteiger partial charge in [0.05, 0.1) is 105 Å². The fraction of sp³-hybridized carbons (Fsp3) is 0.400. The first kappa shape index (κ1) is 97.2. The van der Waals surface area contributed by atoms with Gasteiger partial charge in [0, 0.05) is 144 Å². The van der Waals surface area contributed by atoms with E-state index in [1.165, 1.54) is 61.0 Å². The zero-order chi connectivity index (χ0) is 98.1. The second-order valence-corrected chi connectivity index (χ2v) is 37.7. The van der Waals surface area contributed by atoms with Gasteiger partial charge in [-0.2, -0.15) is 0 Å². The molecule has 4 saturated heterocycles. The van der Waals surface area contributed by atoms with Crippen molar-refractivity contribution in [3.05, 3.63) is 295 Å². The zero-order valence-corrected chi connectivity index (χ0v) is 79.0. The van der Waals surface area contributed by atoms with Crippen molar-refractivity contribution in [1.29, 1.82) is 0 Å². The number of aromatic amines is 4. The molecule has 728 valence electrons. The molecule has 4 aliphatic heterocycles. The van der Waals surface area contributed by atoms with Gasteiger partial charge in [-0.15, -0.1) is 0 Å². The Bertz CT molecular complexity index is 6470. The summed E-state index contributed by atoms with van der Waals surface area (Å²) in [5.41, 5.74) is -0.948. The maximum Gasteiger partial charge on any atom is 0.330 e. The monoisotopic (exact) mass is 2020 g/mol. The van der Waals surface area contributed by atoms with Crippen molar-refractivity contribution in [3.63, 3.8) is 0 Å². The van der Waals surface area contributed by atoms with Gasteiger partial charge < -0.3 is 39.2 Å². The Labute approximate surface area is 810 Å². The Balaban J connectivity index is 0.000000129. The molecule has 40 heteroatoms. The van der Waals surface area contributed by atoms with Crippen LogP contribution in [0.15, 0.2) is 184 Å². The number of hydrogen-bond donors (Lipinski definition) is 4. The fourth-order valence-corrected chi connectivity index (χ4v) is 20.6. The lowest BCUT2D eigenvalue weighted by Gasteiger charge is -2.36. The lowest BCUT2D eigenvalue weighted by molar-refractivity contribution is -0.137. The molecule has 8 fully saturated rings. The van der Waals surface area contributed by atoms with Gasteiger partial charge >= 0.3 is 22.8 Å². The van der Waals surface area contributed by atoms with E-state index in [1.54, 1.807) is 98.5 Å². The Morgan fingerprint density at radius 2 is 0.579 bits per heavy atom. The summed E-state index contributed by atoms with van der Waals surface area (Å²) in [4.78, 5) is 241. The molecule has 20 rings (SSSR count). The molecule has 0 bridgehead atoms. The number of hydrogen-bond acceptors (Lipinski definition) is 20. The summed E-state index contributed by atoms with van der Waals surface area (Å²) in [6.45, 7) is 6.83. The molecule has 8 aromatic heterocycles. The minimum Gasteiger partial charge on any atom is -0.339 e. The van der Waals surface area contributed by atoms with Crippen LogP contribution in [-0.4, -0.2) is 249 Å². The van der Waals surface area contributed by atoms with Crippen LogP contribution < -0.4 is 45.0 Å². The van der Waals surface area contributed by atoms with Crippen LogP contribution in [0.25, 0.3) is 43.9 Å². The van der Waals surface area contributed by atoms with E-state index >= 15 is 0 Å². The van der Waals surface area contributed by atoms with Crippen LogP contribution in [0.1, 0.15) is 167 Å². The molecule has 0 spiro atoms. The maximum absolute atomic E-state index is 14.7. The average molecular weight is 2030 g/mol. The third kappa shape index (κ3) is 21.5. The minimum atomic E-state index is -0.748. The van der Waals surface area contributed by atoms with Crippen LogP contribution in [0.3, 0.4) is 0 Å². The standard InChI is InChI=1S/3C25H26FN5O4.C25H26IN5O4/c2*26-20-14-27-17(15-31-21-8-4-3-7-18(21)22(32)28-25(31)35)13-19(20)24(34)30-11-9-29(10-12-30)23(33)16-5-1-2-6-16;2*26-20-8-7-16(15-31-21-18(6-3-9-27-21)22(32)28-25(31)35)14-19(20)24(34)30-12-10-29(11-13-30)23(33)17-4-1-2-5-17/h2*3-4,7-8,13-14,16H,1-2,5-6,9-12,15H2,(H,28,32,35);2*3,6-9,14,17H,1-2,4-5,10-13,15H2,(H,28,32,35). The second-order valence-electron chi connectivity index (χ2n) is 36.5. The van der Waals surface area contributed by atoms with E-state index in [4.69, 9.17) is 0 Å². The number of carbonyl (C=O) groups excluding carboxylic acids is 8. The van der Waals surface area contributed by atoms with Crippen molar-refractivity contribution < 1.29 is 51.5 Å². The van der Waals surface area contributed by atoms with Gasteiger partial charge in [0.25, 0.3) is 45.9 Å². The number of para-hydroxylation sites is 2. The fourth-order valence-electron chi connectivity index (χ4n) is 20.1. The largest absolute Gasteiger partial charge is 0.339 e. The van der Waals surface area contributed by atoms with Gasteiger partial charge in [0.1, 0.15) is 17.1 Å². The summed E-state index contributed by atoms with van der Waals surface area (Å²) in [5, 5.41) is 1.28. The van der Waals surface area contributed by atoms with E-state index in [2.05, 4.69) is 62.5 Å². The predicted molar refractivity (Wildman–Crippen MR) is 519 cm³/mol. The molecule has 12 heterocycles. The quantitative estimate of drug-likeness (QED) is 0.0682. The van der Waals surface area contributed by atoms with Crippen molar-refractivity contribution in [3.8, 4) is 0 Å². The highest BCUT2D eigenvalue weighted by atomic mass is 127. The number of piperazine rings is 4. The SMILES string of the molecule is O=C(c1cc(Cn2c(=O)[nH]c(=O)c3ccccc32)ncc1F)N1CCN(C(=O)C2CCCC2)CC1.O=C(c1cc(Cn2c(=O)[nH]c(=O)c3ccccc32)ncc1F)N1CCN(C(=O)C2CCCC2)CC1.O=C(c1cc(Cn2c(=O)[nH]c(=O)c3cccnc32)ccc1F)N1CCN(C(=O)C2CCCC2)CC1.O=C(c1cc(Cn2c(=O)[nH]c(=O)c3cccnc32)ccc1I)N1CCN(C(=O)C2CCCC2)CC1. The van der Waals surface area contributed by atoms with Crippen LogP contribution in [0, 0.1) is 44.7 Å². The van der Waals surface area contributed by atoms with Crippen molar-refractivity contribution in [1.82, 2.24) is 97.3 Å². The van der Waals surface area contributed by atoms with Crippen molar-refractivity contribution in [2.45, 2.75) is 129 Å². The number of amides is 8. The number of H-pyrrole nitrogens is 4. The first-order valence-electron chi connectivity index (χ1n) is 47.5. The van der Waals surface area contributed by atoms with E-state index < -0.39 is 80.2 Å². The Kier molecular flexibility index (Phi) is 30.0. The molecule has 0 unspecified atom stereocenters. The van der Waals surface area contributed by atoms with Gasteiger partial charge in [-0.05, 0) is 170 Å². The van der Waals surface area contributed by atoms with Crippen molar-refractivity contribution in [2.24, 2.45) is 23.7 Å². The lowest BCUT2D eigenvalue weighted by Crippen LogP contribution is -2.51. The van der Waals surface area contributed by atoms with Gasteiger partial charge in [-0.3, -0.25) is 106 Å². The Hall–Kier alpha value is -14.5. The van der Waals surface area contributed by atoms with E-state index in [0.29, 0.717) is 160 Å². The number of nitrogens with one attached hydrogen (secondary N) is 4. The summed E-state index contributed by atoms with van der Waals surface area (Å²) in [6.07, 6.45) is 21.2. The van der Waals surface area contributed by atoms with E-state index in [-0.39, 0.29) is 107 Å². The van der Waals surface area contributed by atoms with E-state index in [9.17, 15) is 89.9 Å². The molecule has 4 N–H and O–H groups in total. The van der Waals surface area contributed by atoms with E-state index in [0.717, 1.165) is 124 Å². The second kappa shape index (κ2) is 43.3. The summed E-state index contributed by atoms with van der Waals surface area (Å²) in [5.74, 6) is -2.50. The highest BCUT2D eigenvalue weighted by molar-refractivity contribution is 14.1. The molecule has 8 aliphatic rings. The third-order valence-corrected chi connectivity index (χ3v) is 28.7. The van der Waals surface area contributed by atoms with Gasteiger partial charge in [-0.25, -0.2) is 42.3 Å². The summed E-state index contributed by atoms with van der Waals surface area (Å²) >= 11 is 2.14. The third-order valence-electron chi connectivity index (χ3n) is 27.8. The highest BCUT2D eigenvalue weighted by Crippen LogP contribution is 2.33. The Morgan fingerprint density at radius 1 is 0.300 bits per heavy atom. The first-order chi connectivity index (χ1) is 67.7. The maximum atomic E-state index is 14.7. The molecule has 0 radical (unpaired) electrons. The summed E-state index contributed by atoms with van der Waals surface area (Å²) in [7, 11) is 0. The van der Waals surface area contributed by atoms with Crippen LogP contribution in [0.2, 0.25) is 0 Å². The zero-order valence-electron chi connectivity index (χ0n) is 76.8. The topological polar surface area (TPSA) is 433 Å². The molecule has 4 aromatic carbocycles. The van der Waals surface area contributed by atoms with Gasteiger partial charge in [0.2, 0.25) is 23.6 Å². The molecular formula is C100H104F3IN20O16. The number of halogens is 4. The van der Waals surface area contributed by atoms with Crippen LogP contribution in [-0.2, 0) is 45.4 Å². The number of carbonyl (C=O) groups is 8. The van der Waals surface area contributed by atoms with Gasteiger partial charge in [0.15, 0.2) is 11.6 Å². The Morgan fingerprint density at radius 3 is 0.921 bits per heavy atom. The van der Waals surface area contributed by atoms with Crippen molar-refractivity contribution >= 4 is 114 Å². The number of pyridine rings is 4. The van der Waals surface area contributed by atoms with Crippen molar-refractivity contribution in [2.75, 3.05) is 105 Å². The number of benzene rings is 4. The lowest BCUT2D eigenvalue weighted by atomic mass is 10.1. The average Bonchev–Trinajstić information content (AvgIpc) is 0.913. The number of aromatic nitrogens is 12. The first-order valence-corrected chi connectivity index (χ1v) is 48.5. The summed E-state index contributed by atoms with van der Waals surface area (Å²) in [6, 6.07) is 32.1. The van der Waals surface area contributed by atoms with Crippen LogP contribution in [0.5, 0.6) is 0 Å². The molecular weight excluding hydrogens is 1920 g/mol. The number of fused-ring (bicyclic) bond motifs is 4. The molecule has 12 aromatic rings. The smallest absolute Gasteiger partial charge is 0.330 e. The minimum absolute atomic E-state index is 0.00730. The number of rotatable bonds is 16. The molecule has 4 saturated carbocycles. The van der Waals surface area contributed by atoms with Crippen LogP contribution >= 0.6 is 22.6 Å². The summed E-state index contributed by atoms with van der Waals surface area (Å²) < 4.78 is 50.1. The molecule has 4 aliphatic carbocycles. The highest BCUT2D eigenvalue weighted by Gasteiger charge is 2.38. The molecule has 0 atom stereocenters. The van der Waals surface area contributed by atoms with Gasteiger partial charge in [-0.1, -0.05) is 87.8 Å². The molecule has 36 nitrogen and oxygen atoms in total. The molecule has 140 heavy (non-hydrogen) atoms. The van der Waals surface area contributed by atoms with E-state index in [1.807, 2.05) is 31.7 Å². The van der Waals surface area contributed by atoms with Crippen LogP contribution in [0.4, 0.5) is 13.2 Å².